The maximum atomic E-state index is 5.81. The third-order valence-corrected chi connectivity index (χ3v) is 3.42. The molecule has 96 valence electrons. The van der Waals surface area contributed by atoms with E-state index >= 15 is 0 Å². The number of ether oxygens (including phenoxy) is 1. The van der Waals surface area contributed by atoms with Gasteiger partial charge in [-0.1, -0.05) is 13.3 Å². The molecule has 1 atom stereocenters. The van der Waals surface area contributed by atoms with Gasteiger partial charge >= 0.3 is 0 Å². The van der Waals surface area contributed by atoms with Crippen LogP contribution in [0, 0.1) is 0 Å². The minimum absolute atomic E-state index is 0.545. The van der Waals surface area contributed by atoms with Crippen molar-refractivity contribution >= 4 is 11.6 Å². The van der Waals surface area contributed by atoms with Gasteiger partial charge in [-0.15, -0.1) is 11.6 Å². The van der Waals surface area contributed by atoms with Crippen molar-refractivity contribution in [3.8, 4) is 0 Å². The first kappa shape index (κ1) is 14.3. The minimum atomic E-state index is 0.545. The van der Waals surface area contributed by atoms with E-state index in [1.54, 1.807) is 0 Å². The maximum absolute atomic E-state index is 5.81. The lowest BCUT2D eigenvalue weighted by atomic mass is 10.1. The lowest BCUT2D eigenvalue weighted by Gasteiger charge is -2.21. The second kappa shape index (κ2) is 9.26. The van der Waals surface area contributed by atoms with Crippen molar-refractivity contribution in [1.29, 1.82) is 0 Å². The van der Waals surface area contributed by atoms with Crippen LogP contribution in [0.3, 0.4) is 0 Å². The van der Waals surface area contributed by atoms with Crippen LogP contribution in [0.1, 0.15) is 45.4 Å². The molecule has 0 spiro atoms. The Morgan fingerprint density at radius 2 is 2.06 bits per heavy atom. The molecule has 0 aliphatic carbocycles. The van der Waals surface area contributed by atoms with Crippen LogP contribution in [0.15, 0.2) is 0 Å². The van der Waals surface area contributed by atoms with Crippen LogP contribution in [0.4, 0.5) is 0 Å². The fraction of sp³-hybridized carbons (Fsp3) is 1.00. The first-order chi connectivity index (χ1) is 7.86. The number of rotatable bonds is 9. The summed E-state index contributed by atoms with van der Waals surface area (Å²) in [6.45, 7) is 6.64. The van der Waals surface area contributed by atoms with Crippen molar-refractivity contribution in [1.82, 2.24) is 4.90 Å². The number of alkyl halides is 1. The van der Waals surface area contributed by atoms with Crippen LogP contribution >= 0.6 is 11.6 Å². The summed E-state index contributed by atoms with van der Waals surface area (Å²) in [5.41, 5.74) is 0. The average Bonchev–Trinajstić information content (AvgIpc) is 2.79. The van der Waals surface area contributed by atoms with E-state index in [2.05, 4.69) is 11.8 Å². The van der Waals surface area contributed by atoms with Crippen molar-refractivity contribution in [2.75, 3.05) is 32.1 Å². The molecule has 1 fully saturated rings. The zero-order valence-electron chi connectivity index (χ0n) is 10.6. The first-order valence-corrected chi connectivity index (χ1v) is 7.30. The molecule has 1 aliphatic heterocycles. The van der Waals surface area contributed by atoms with Gasteiger partial charge in [-0.2, -0.15) is 0 Å². The van der Waals surface area contributed by atoms with Gasteiger partial charge in [0.2, 0.25) is 0 Å². The Morgan fingerprint density at radius 1 is 1.25 bits per heavy atom. The van der Waals surface area contributed by atoms with E-state index in [1.165, 1.54) is 51.6 Å². The summed E-state index contributed by atoms with van der Waals surface area (Å²) < 4.78 is 5.63. The van der Waals surface area contributed by atoms with E-state index in [0.29, 0.717) is 6.10 Å². The highest BCUT2D eigenvalue weighted by Crippen LogP contribution is 2.17. The van der Waals surface area contributed by atoms with Gasteiger partial charge in [0.15, 0.2) is 0 Å². The Balaban J connectivity index is 2.05. The molecule has 0 amide bonds. The Hall–Kier alpha value is 0.210. The summed E-state index contributed by atoms with van der Waals surface area (Å²) in [5.74, 6) is 0.754. The SMILES string of the molecule is CCCCN(CCCl)CCCC1CCCO1. The highest BCUT2D eigenvalue weighted by Gasteiger charge is 2.15. The van der Waals surface area contributed by atoms with Gasteiger partial charge in [-0.25, -0.2) is 0 Å². The van der Waals surface area contributed by atoms with Gasteiger partial charge in [-0.3, -0.25) is 0 Å². The molecule has 1 unspecified atom stereocenters. The first-order valence-electron chi connectivity index (χ1n) is 6.76. The predicted molar refractivity (Wildman–Crippen MR) is 70.3 cm³/mol. The molecule has 0 bridgehead atoms. The van der Waals surface area contributed by atoms with Crippen LogP contribution in [0.2, 0.25) is 0 Å². The van der Waals surface area contributed by atoms with Gasteiger partial charge < -0.3 is 9.64 Å². The highest BCUT2D eigenvalue weighted by atomic mass is 35.5. The molecule has 16 heavy (non-hydrogen) atoms. The number of hydrogen-bond acceptors (Lipinski definition) is 2. The quantitative estimate of drug-likeness (QED) is 0.580. The third kappa shape index (κ3) is 6.07. The van der Waals surface area contributed by atoms with Crippen LogP contribution in [0.25, 0.3) is 0 Å². The van der Waals surface area contributed by atoms with Crippen LogP contribution in [-0.2, 0) is 4.74 Å². The third-order valence-electron chi connectivity index (χ3n) is 3.25. The summed E-state index contributed by atoms with van der Waals surface area (Å²) in [4.78, 5) is 2.49. The second-order valence-electron chi connectivity index (χ2n) is 4.66. The van der Waals surface area contributed by atoms with Crippen molar-refractivity contribution < 1.29 is 4.74 Å². The molecule has 1 aliphatic rings. The van der Waals surface area contributed by atoms with Crippen molar-refractivity contribution in [2.45, 2.75) is 51.6 Å². The fourth-order valence-electron chi connectivity index (χ4n) is 2.25. The Bertz CT molecular complexity index is 160. The molecule has 0 aromatic carbocycles. The normalized spacial score (nSPS) is 20.8. The Kier molecular flexibility index (Phi) is 8.26. The summed E-state index contributed by atoms with van der Waals surface area (Å²) in [6.07, 6.45) is 8.11. The molecular formula is C13H26ClNO. The van der Waals surface area contributed by atoms with Crippen LogP contribution in [-0.4, -0.2) is 43.1 Å². The second-order valence-corrected chi connectivity index (χ2v) is 5.04. The largest absolute Gasteiger partial charge is 0.378 e. The maximum Gasteiger partial charge on any atom is 0.0576 e. The number of nitrogens with zero attached hydrogens (tertiary/aromatic N) is 1. The predicted octanol–water partition coefficient (Wildman–Crippen LogP) is 3.29. The summed E-state index contributed by atoms with van der Waals surface area (Å²) in [5, 5.41) is 0. The summed E-state index contributed by atoms with van der Waals surface area (Å²) in [7, 11) is 0. The van der Waals surface area contributed by atoms with Crippen LogP contribution in [0.5, 0.6) is 0 Å². The van der Waals surface area contributed by atoms with Crippen LogP contribution < -0.4 is 0 Å². The summed E-state index contributed by atoms with van der Waals surface area (Å²) in [6, 6.07) is 0. The Labute approximate surface area is 105 Å². The topological polar surface area (TPSA) is 12.5 Å². The molecule has 0 radical (unpaired) electrons. The molecule has 0 aromatic heterocycles. The number of unbranched alkanes of at least 4 members (excludes halogenated alkanes) is 1. The van der Waals surface area contributed by atoms with E-state index in [4.69, 9.17) is 16.3 Å². The lowest BCUT2D eigenvalue weighted by Crippen LogP contribution is -2.28. The molecular weight excluding hydrogens is 222 g/mol. The van der Waals surface area contributed by atoms with Crippen molar-refractivity contribution in [3.05, 3.63) is 0 Å². The minimum Gasteiger partial charge on any atom is -0.378 e. The highest BCUT2D eigenvalue weighted by molar-refractivity contribution is 6.18. The van der Waals surface area contributed by atoms with Gasteiger partial charge in [0, 0.05) is 19.0 Å². The van der Waals surface area contributed by atoms with Crippen molar-refractivity contribution in [2.24, 2.45) is 0 Å². The molecule has 3 heteroatoms. The molecule has 1 rings (SSSR count). The number of hydrogen-bond donors (Lipinski definition) is 0. The molecule has 0 N–H and O–H groups in total. The van der Waals surface area contributed by atoms with Gasteiger partial charge in [0.05, 0.1) is 6.10 Å². The zero-order valence-corrected chi connectivity index (χ0v) is 11.3. The van der Waals surface area contributed by atoms with Crippen molar-refractivity contribution in [3.63, 3.8) is 0 Å². The van der Waals surface area contributed by atoms with E-state index in [1.807, 2.05) is 0 Å². The molecule has 1 saturated heterocycles. The lowest BCUT2D eigenvalue weighted by molar-refractivity contribution is 0.0989. The molecule has 0 saturated carbocycles. The van der Waals surface area contributed by atoms with Gasteiger partial charge in [-0.05, 0) is 45.2 Å². The van der Waals surface area contributed by atoms with E-state index in [9.17, 15) is 0 Å². The molecule has 0 aromatic rings. The summed E-state index contributed by atoms with van der Waals surface area (Å²) >= 11 is 5.81. The molecule has 1 heterocycles. The van der Waals surface area contributed by atoms with E-state index < -0.39 is 0 Å². The fourth-order valence-corrected chi connectivity index (χ4v) is 2.49. The molecule has 2 nitrogen and oxygen atoms in total. The zero-order chi connectivity index (χ0) is 11.6. The standard InChI is InChI=1S/C13H26ClNO/c1-2-3-9-15(11-8-14)10-4-6-13-7-5-12-16-13/h13H,2-12H2,1H3. The number of halogens is 1. The smallest absolute Gasteiger partial charge is 0.0576 e. The average molecular weight is 248 g/mol. The Morgan fingerprint density at radius 3 is 2.69 bits per heavy atom. The van der Waals surface area contributed by atoms with Gasteiger partial charge in [0.1, 0.15) is 0 Å². The van der Waals surface area contributed by atoms with Gasteiger partial charge in [0.25, 0.3) is 0 Å². The monoisotopic (exact) mass is 247 g/mol. The van der Waals surface area contributed by atoms with E-state index in [0.717, 1.165) is 19.0 Å². The van der Waals surface area contributed by atoms with E-state index in [-0.39, 0.29) is 0 Å².